The number of H-pyrrole nitrogens is 1. The summed E-state index contributed by atoms with van der Waals surface area (Å²) in [5.74, 6) is 0.644. The van der Waals surface area contributed by atoms with Crippen LogP contribution < -0.4 is 4.74 Å². The van der Waals surface area contributed by atoms with E-state index in [1.165, 1.54) is 0 Å². The van der Waals surface area contributed by atoms with E-state index in [0.29, 0.717) is 17.4 Å². The predicted molar refractivity (Wildman–Crippen MR) is 77.3 cm³/mol. The van der Waals surface area contributed by atoms with E-state index >= 15 is 0 Å². The SMILES string of the molecule is S=C=Nc1cccc(Oc2nc3ccccc3[nH]2)c1. The van der Waals surface area contributed by atoms with Crippen molar-refractivity contribution in [2.24, 2.45) is 4.99 Å². The quantitative estimate of drug-likeness (QED) is 0.574. The van der Waals surface area contributed by atoms with Gasteiger partial charge in [-0.25, -0.2) is 0 Å². The van der Waals surface area contributed by atoms with E-state index in [1.54, 1.807) is 6.07 Å². The predicted octanol–water partition coefficient (Wildman–Crippen LogP) is 4.09. The maximum absolute atomic E-state index is 5.66. The molecule has 0 fully saturated rings. The number of nitrogens with one attached hydrogen (secondary N) is 1. The third-order valence-corrected chi connectivity index (χ3v) is 2.67. The number of aromatic amines is 1. The first-order valence-electron chi connectivity index (χ1n) is 5.66. The van der Waals surface area contributed by atoms with Crippen molar-refractivity contribution in [1.82, 2.24) is 9.97 Å². The molecule has 0 saturated heterocycles. The Hall–Kier alpha value is -2.49. The average molecular weight is 267 g/mol. The number of hydrogen-bond acceptors (Lipinski definition) is 4. The van der Waals surface area contributed by atoms with Crippen molar-refractivity contribution < 1.29 is 4.74 Å². The van der Waals surface area contributed by atoms with E-state index in [2.05, 4.69) is 32.3 Å². The molecule has 0 aliphatic rings. The van der Waals surface area contributed by atoms with Crippen molar-refractivity contribution in [3.8, 4) is 11.8 Å². The van der Waals surface area contributed by atoms with Crippen LogP contribution in [-0.4, -0.2) is 15.1 Å². The first-order valence-corrected chi connectivity index (χ1v) is 6.06. The van der Waals surface area contributed by atoms with Crippen LogP contribution >= 0.6 is 12.2 Å². The molecule has 0 aliphatic heterocycles. The topological polar surface area (TPSA) is 50.3 Å². The number of nitrogens with zero attached hydrogens (tertiary/aromatic N) is 2. The highest BCUT2D eigenvalue weighted by Gasteiger charge is 2.04. The highest BCUT2D eigenvalue weighted by atomic mass is 32.1. The van der Waals surface area contributed by atoms with Crippen molar-refractivity contribution in [3.05, 3.63) is 48.5 Å². The number of imidazole rings is 1. The van der Waals surface area contributed by atoms with Crippen LogP contribution in [-0.2, 0) is 0 Å². The Morgan fingerprint density at radius 3 is 2.89 bits per heavy atom. The van der Waals surface area contributed by atoms with Crippen LogP contribution in [0, 0.1) is 0 Å². The zero-order chi connectivity index (χ0) is 13.1. The van der Waals surface area contributed by atoms with Gasteiger partial charge in [-0.05, 0) is 36.5 Å². The highest BCUT2D eigenvalue weighted by Crippen LogP contribution is 2.25. The molecule has 0 aliphatic carbocycles. The van der Waals surface area contributed by atoms with Gasteiger partial charge in [0.2, 0.25) is 0 Å². The lowest BCUT2D eigenvalue weighted by atomic mass is 10.3. The summed E-state index contributed by atoms with van der Waals surface area (Å²) in [7, 11) is 0. The van der Waals surface area contributed by atoms with E-state index in [1.807, 2.05) is 42.5 Å². The maximum atomic E-state index is 5.66. The standard InChI is InChI=1S/C14H9N3OS/c19-9-15-10-4-3-5-11(8-10)18-14-16-12-6-1-2-7-13(12)17-14/h1-8H,(H,16,17). The fraction of sp³-hybridized carbons (Fsp3) is 0. The number of benzene rings is 2. The van der Waals surface area contributed by atoms with Crippen LogP contribution in [0.5, 0.6) is 11.8 Å². The second-order valence-electron chi connectivity index (χ2n) is 3.86. The van der Waals surface area contributed by atoms with E-state index in [4.69, 9.17) is 4.74 Å². The second kappa shape index (κ2) is 5.02. The minimum atomic E-state index is 0.449. The molecule has 4 nitrogen and oxygen atoms in total. The summed E-state index contributed by atoms with van der Waals surface area (Å²) >= 11 is 4.57. The lowest BCUT2D eigenvalue weighted by Gasteiger charge is -2.01. The van der Waals surface area contributed by atoms with Crippen LogP contribution in [0.25, 0.3) is 11.0 Å². The zero-order valence-corrected chi connectivity index (χ0v) is 10.6. The number of hydrogen-bond donors (Lipinski definition) is 1. The number of ether oxygens (including phenoxy) is 1. The Morgan fingerprint density at radius 1 is 1.16 bits per heavy atom. The summed E-state index contributed by atoms with van der Waals surface area (Å²) in [6.45, 7) is 0. The largest absolute Gasteiger partial charge is 0.426 e. The van der Waals surface area contributed by atoms with Crippen molar-refractivity contribution in [2.45, 2.75) is 0 Å². The summed E-state index contributed by atoms with van der Waals surface area (Å²) in [5.41, 5.74) is 2.50. The molecule has 0 unspecified atom stereocenters. The molecule has 5 heteroatoms. The minimum Gasteiger partial charge on any atom is -0.426 e. The smallest absolute Gasteiger partial charge is 0.300 e. The molecule has 0 saturated carbocycles. The summed E-state index contributed by atoms with van der Waals surface area (Å²) in [5, 5.41) is 2.33. The van der Waals surface area contributed by atoms with Gasteiger partial charge in [0.05, 0.1) is 21.9 Å². The van der Waals surface area contributed by atoms with Gasteiger partial charge >= 0.3 is 0 Å². The Bertz CT molecular complexity index is 742. The fourth-order valence-electron chi connectivity index (χ4n) is 1.76. The number of aliphatic imine (C=N–C) groups is 1. The molecule has 0 bridgehead atoms. The van der Waals surface area contributed by atoms with Crippen LogP contribution in [0.15, 0.2) is 53.5 Å². The molecule has 3 rings (SSSR count). The Morgan fingerprint density at radius 2 is 2.05 bits per heavy atom. The fourth-order valence-corrected chi connectivity index (χ4v) is 1.86. The van der Waals surface area contributed by atoms with E-state index in [9.17, 15) is 0 Å². The van der Waals surface area contributed by atoms with Crippen LogP contribution in [0.1, 0.15) is 0 Å². The molecule has 0 amide bonds. The molecular weight excluding hydrogens is 258 g/mol. The number of thiocarbonyl (C=S) groups is 1. The molecule has 0 spiro atoms. The Kier molecular flexibility index (Phi) is 3.06. The van der Waals surface area contributed by atoms with Gasteiger partial charge in [-0.2, -0.15) is 9.98 Å². The number of para-hydroxylation sites is 2. The third-order valence-electron chi connectivity index (χ3n) is 2.57. The van der Waals surface area contributed by atoms with Crippen molar-refractivity contribution in [2.75, 3.05) is 0 Å². The zero-order valence-electron chi connectivity index (χ0n) is 9.83. The second-order valence-corrected chi connectivity index (χ2v) is 4.04. The molecular formula is C14H9N3OS. The average Bonchev–Trinajstić information content (AvgIpc) is 2.81. The first kappa shape index (κ1) is 11.6. The monoisotopic (exact) mass is 267 g/mol. The normalized spacial score (nSPS) is 10.1. The molecule has 1 aromatic heterocycles. The molecule has 19 heavy (non-hydrogen) atoms. The van der Waals surface area contributed by atoms with Gasteiger partial charge in [-0.15, -0.1) is 0 Å². The van der Waals surface area contributed by atoms with Crippen LogP contribution in [0.2, 0.25) is 0 Å². The van der Waals surface area contributed by atoms with Gasteiger partial charge in [0, 0.05) is 6.07 Å². The van der Waals surface area contributed by atoms with Gasteiger partial charge in [-0.1, -0.05) is 18.2 Å². The summed E-state index contributed by atoms with van der Waals surface area (Å²) in [6, 6.07) is 15.5. The summed E-state index contributed by atoms with van der Waals surface area (Å²) in [6.07, 6.45) is 0. The molecule has 92 valence electrons. The number of aromatic nitrogens is 2. The molecule has 1 N–H and O–H groups in total. The lowest BCUT2D eigenvalue weighted by Crippen LogP contribution is -1.85. The molecule has 0 radical (unpaired) electrons. The van der Waals surface area contributed by atoms with E-state index in [0.717, 1.165) is 11.0 Å². The van der Waals surface area contributed by atoms with E-state index < -0.39 is 0 Å². The van der Waals surface area contributed by atoms with Crippen molar-refractivity contribution in [3.63, 3.8) is 0 Å². The first-order chi connectivity index (χ1) is 9.35. The number of isothiocyanates is 1. The number of rotatable bonds is 3. The minimum absolute atomic E-state index is 0.449. The summed E-state index contributed by atoms with van der Waals surface area (Å²) in [4.78, 5) is 11.3. The van der Waals surface area contributed by atoms with Crippen molar-refractivity contribution >= 4 is 34.1 Å². The maximum Gasteiger partial charge on any atom is 0.300 e. The Balaban J connectivity index is 1.91. The van der Waals surface area contributed by atoms with Crippen molar-refractivity contribution in [1.29, 1.82) is 0 Å². The van der Waals surface area contributed by atoms with Gasteiger partial charge in [-0.3, -0.25) is 0 Å². The third kappa shape index (κ3) is 2.52. The van der Waals surface area contributed by atoms with E-state index in [-0.39, 0.29) is 0 Å². The molecule has 0 atom stereocenters. The molecule has 3 aromatic rings. The number of fused-ring (bicyclic) bond motifs is 1. The summed E-state index contributed by atoms with van der Waals surface area (Å²) < 4.78 is 5.66. The van der Waals surface area contributed by atoms with Crippen LogP contribution in [0.3, 0.4) is 0 Å². The molecule has 2 aromatic carbocycles. The van der Waals surface area contributed by atoms with Gasteiger partial charge in [0.25, 0.3) is 6.01 Å². The molecule has 1 heterocycles. The van der Waals surface area contributed by atoms with Gasteiger partial charge in [0.15, 0.2) is 0 Å². The van der Waals surface area contributed by atoms with Crippen LogP contribution in [0.4, 0.5) is 5.69 Å². The highest BCUT2D eigenvalue weighted by molar-refractivity contribution is 7.78. The van der Waals surface area contributed by atoms with Gasteiger partial charge < -0.3 is 9.72 Å². The Labute approximate surface area is 114 Å². The van der Waals surface area contributed by atoms with Gasteiger partial charge in [0.1, 0.15) is 5.75 Å². The lowest BCUT2D eigenvalue weighted by molar-refractivity contribution is 0.449.